The molecule has 29 heteroatoms. The van der Waals surface area contributed by atoms with Gasteiger partial charge in [0.1, 0.15) is 42.0 Å². The van der Waals surface area contributed by atoms with Crippen molar-refractivity contribution in [1.29, 1.82) is 0 Å². The third-order valence-electron chi connectivity index (χ3n) is 9.71. The molecule has 9 atom stereocenters. The standard InChI is InChI=1S/C33H52N7O18P3S/c1-4-5-6-7-20-19(8-9-21(20)41)14-24(43)62-13-12-35-23(42)10-11-36-31(46)28(45)33(2,3)16-55-61(52,53)58-60(50,51)54-15-22-27(57-59(47,48)49)26(44)32(56-22)40-18-39-25-29(34)37-17-38-30(25)40/h5-6,17-20,22,26-28,32,44-45H,4,7-16H2,1-3H3,(H,35,42)(H,36,46)(H,50,51)(H,52,53)(H2,34,37,38)(H2,47,48,49)/p-4/b6-5-/t19-,20+,22-,26-,27-,28+,32-/m1/s1. The number of allylic oxidation sites excluding steroid dienone is 2. The Labute approximate surface area is 359 Å². The summed E-state index contributed by atoms with van der Waals surface area (Å²) in [6.45, 7) is 2.00. The normalized spacial score (nSPS) is 24.6. The van der Waals surface area contributed by atoms with Crippen molar-refractivity contribution in [2.75, 3.05) is 37.8 Å². The molecule has 0 spiro atoms. The smallest absolute Gasteiger partial charge is 0.274 e. The lowest BCUT2D eigenvalue weighted by Crippen LogP contribution is -2.46. The van der Waals surface area contributed by atoms with E-state index in [0.29, 0.717) is 19.3 Å². The van der Waals surface area contributed by atoms with Crippen LogP contribution in [0.2, 0.25) is 0 Å². The summed E-state index contributed by atoms with van der Waals surface area (Å²) < 4.78 is 60.7. The van der Waals surface area contributed by atoms with E-state index in [1.165, 1.54) is 13.8 Å². The maximum atomic E-state index is 12.6. The number of ether oxygens (including phenoxy) is 1. The highest BCUT2D eigenvalue weighted by Gasteiger charge is 2.47. The lowest BCUT2D eigenvalue weighted by Gasteiger charge is -2.36. The molecule has 348 valence electrons. The van der Waals surface area contributed by atoms with Gasteiger partial charge in [0.2, 0.25) is 11.8 Å². The number of imidazole rings is 1. The van der Waals surface area contributed by atoms with E-state index in [4.69, 9.17) is 10.5 Å². The van der Waals surface area contributed by atoms with Gasteiger partial charge < -0.3 is 69.0 Å². The molecule has 62 heavy (non-hydrogen) atoms. The summed E-state index contributed by atoms with van der Waals surface area (Å²) in [4.78, 5) is 109. The fourth-order valence-corrected chi connectivity index (χ4v) is 10.00. The second kappa shape index (κ2) is 22.2. The Morgan fingerprint density at radius 2 is 1.81 bits per heavy atom. The van der Waals surface area contributed by atoms with Crippen LogP contribution in [0.15, 0.2) is 24.8 Å². The van der Waals surface area contributed by atoms with Gasteiger partial charge in [0.05, 0.1) is 27.4 Å². The average Bonchev–Trinajstić information content (AvgIpc) is 3.85. The summed E-state index contributed by atoms with van der Waals surface area (Å²) in [5.41, 5.74) is 4.05. The zero-order valence-electron chi connectivity index (χ0n) is 33.7. The van der Waals surface area contributed by atoms with Crippen molar-refractivity contribution < 1.29 is 85.3 Å². The van der Waals surface area contributed by atoms with Gasteiger partial charge in [-0.3, -0.25) is 32.9 Å². The Morgan fingerprint density at radius 3 is 2.50 bits per heavy atom. The molecule has 0 radical (unpaired) electrons. The minimum atomic E-state index is -5.93. The van der Waals surface area contributed by atoms with E-state index in [0.717, 1.165) is 35.4 Å². The van der Waals surface area contributed by atoms with Crippen LogP contribution in [0.3, 0.4) is 0 Å². The van der Waals surface area contributed by atoms with Gasteiger partial charge in [-0.1, -0.05) is 44.7 Å². The lowest BCUT2D eigenvalue weighted by molar-refractivity contribution is -0.347. The number of nitrogens with one attached hydrogen (secondary N) is 2. The molecule has 25 nitrogen and oxygen atoms in total. The molecule has 1 aliphatic carbocycles. The Hall–Kier alpha value is -3.03. The van der Waals surface area contributed by atoms with E-state index in [1.807, 2.05) is 19.1 Å². The number of anilines is 1. The maximum Gasteiger partial charge on any atom is 0.274 e. The Morgan fingerprint density at radius 1 is 1.10 bits per heavy atom. The first-order valence-electron chi connectivity index (χ1n) is 19.1. The summed E-state index contributed by atoms with van der Waals surface area (Å²) in [5, 5.41) is 26.2. The number of Topliss-reactive ketones (excluding diaryl/α,β-unsaturated/α-hetero) is 1. The van der Waals surface area contributed by atoms with Crippen LogP contribution in [0.4, 0.5) is 5.82 Å². The number of ketones is 1. The van der Waals surface area contributed by atoms with Crippen molar-refractivity contribution in [2.45, 2.75) is 89.9 Å². The monoisotopic (exact) mass is 955 g/mol. The number of carbonyl (C=O) groups excluding carboxylic acids is 4. The number of fused-ring (bicyclic) bond motifs is 1. The largest absolute Gasteiger partial charge is 0.790 e. The molecule has 4 rings (SSSR count). The predicted molar refractivity (Wildman–Crippen MR) is 208 cm³/mol. The van der Waals surface area contributed by atoms with E-state index in [2.05, 4.69) is 43.5 Å². The van der Waals surface area contributed by atoms with Gasteiger partial charge in [-0.05, 0) is 25.2 Å². The predicted octanol–water partition coefficient (Wildman–Crippen LogP) is -1.52. The van der Waals surface area contributed by atoms with Crippen molar-refractivity contribution in [2.24, 2.45) is 17.3 Å². The minimum absolute atomic E-state index is 0.0114. The van der Waals surface area contributed by atoms with Crippen LogP contribution in [0.5, 0.6) is 0 Å². The first-order chi connectivity index (χ1) is 28.9. The highest BCUT2D eigenvalue weighted by Crippen LogP contribution is 2.56. The summed E-state index contributed by atoms with van der Waals surface area (Å²) in [6, 6.07) is 0. The number of rotatable bonds is 24. The summed E-state index contributed by atoms with van der Waals surface area (Å²) in [7, 11) is -17.6. The number of carbonyl (C=O) groups is 4. The highest BCUT2D eigenvalue weighted by atomic mass is 32.2. The van der Waals surface area contributed by atoms with E-state index < -0.39 is 84.6 Å². The van der Waals surface area contributed by atoms with E-state index >= 15 is 0 Å². The molecule has 6 N–H and O–H groups in total. The van der Waals surface area contributed by atoms with Crippen molar-refractivity contribution in [3.63, 3.8) is 0 Å². The Bertz CT molecular complexity index is 2090. The molecule has 3 heterocycles. The quantitative estimate of drug-likeness (QED) is 0.0453. The number of aliphatic hydroxyl groups is 2. The van der Waals surface area contributed by atoms with Gasteiger partial charge >= 0.3 is 0 Å². The number of aromatic nitrogens is 4. The van der Waals surface area contributed by atoms with Crippen molar-refractivity contribution in [3.05, 3.63) is 24.8 Å². The number of phosphoric acid groups is 3. The molecular formula is C33H48N7O18P3S-4. The van der Waals surface area contributed by atoms with Gasteiger partial charge in [0.25, 0.3) is 15.6 Å². The van der Waals surface area contributed by atoms with Crippen LogP contribution in [0.25, 0.3) is 11.2 Å². The first kappa shape index (κ1) is 51.6. The number of nitrogens with two attached hydrogens (primary N) is 1. The fourth-order valence-electron chi connectivity index (χ4n) is 6.50. The van der Waals surface area contributed by atoms with Crippen LogP contribution in [0.1, 0.15) is 65.5 Å². The molecule has 2 aromatic rings. The molecule has 0 aromatic carbocycles. The number of amides is 2. The molecule has 2 aromatic heterocycles. The summed E-state index contributed by atoms with van der Waals surface area (Å²) in [6.07, 6.45) is -0.832. The summed E-state index contributed by atoms with van der Waals surface area (Å²) >= 11 is 1.05. The van der Waals surface area contributed by atoms with Gasteiger partial charge in [-0.15, -0.1) is 0 Å². The maximum absolute atomic E-state index is 12.6. The Kier molecular flexibility index (Phi) is 18.5. The van der Waals surface area contributed by atoms with Gasteiger partial charge in [0.15, 0.2) is 22.8 Å². The number of nitrogens with zero attached hydrogens (tertiary/aromatic N) is 4. The molecule has 2 aliphatic rings. The van der Waals surface area contributed by atoms with Gasteiger partial charge in [-0.25, -0.2) is 19.3 Å². The highest BCUT2D eigenvalue weighted by molar-refractivity contribution is 8.13. The lowest BCUT2D eigenvalue weighted by atomic mass is 9.87. The summed E-state index contributed by atoms with van der Waals surface area (Å²) in [5.74, 6) is -1.31. The van der Waals surface area contributed by atoms with E-state index in [-0.39, 0.29) is 71.4 Å². The minimum Gasteiger partial charge on any atom is -0.790 e. The molecule has 2 unspecified atom stereocenters. The zero-order chi connectivity index (χ0) is 46.0. The van der Waals surface area contributed by atoms with Crippen LogP contribution in [-0.2, 0) is 55.5 Å². The fraction of sp³-hybridized carbons (Fsp3) is 0.667. The number of aliphatic hydroxyl groups excluding tert-OH is 2. The first-order valence-corrected chi connectivity index (χ1v) is 24.5. The number of phosphoric ester groups is 3. The second-order valence-corrected chi connectivity index (χ2v) is 20.1. The van der Waals surface area contributed by atoms with Crippen molar-refractivity contribution in [3.8, 4) is 0 Å². The van der Waals surface area contributed by atoms with Crippen molar-refractivity contribution in [1.82, 2.24) is 30.2 Å². The van der Waals surface area contributed by atoms with E-state index in [1.54, 1.807) is 0 Å². The number of hydrogen-bond donors (Lipinski definition) is 5. The van der Waals surface area contributed by atoms with Crippen LogP contribution < -0.4 is 35.9 Å². The topological polar surface area (TPSA) is 392 Å². The molecule has 1 saturated heterocycles. The van der Waals surface area contributed by atoms with Gasteiger partial charge in [0, 0.05) is 49.4 Å². The molecular weight excluding hydrogens is 907 g/mol. The Balaban J connectivity index is 1.18. The molecule has 0 bridgehead atoms. The van der Waals surface area contributed by atoms with E-state index in [9.17, 15) is 62.7 Å². The zero-order valence-corrected chi connectivity index (χ0v) is 37.2. The van der Waals surface area contributed by atoms with Gasteiger partial charge in [-0.2, -0.15) is 0 Å². The third kappa shape index (κ3) is 15.0. The molecule has 2 fully saturated rings. The molecule has 1 aliphatic heterocycles. The molecule has 2 amide bonds. The number of thioether (sulfide) groups is 1. The molecule has 1 saturated carbocycles. The SMILES string of the molecule is CC/C=C\C[C@@H]1C(=O)CC[C@@H]1CC(=O)SCCNC(=O)CCNC(=O)[C@H](O)C(C)(C)COP(=O)([O-])OP(=O)([O-])OC[C@H]1O[C@@H](n2cnc3c(N)ncnc32)[C@H](O)[C@@H]1OP(=O)([O-])[O-]. The average molecular weight is 956 g/mol. The number of nitrogen functional groups attached to an aromatic ring is 1. The van der Waals surface area contributed by atoms with Crippen molar-refractivity contribution >= 4 is 74.9 Å². The number of hydrogen-bond acceptors (Lipinski definition) is 23. The third-order valence-corrected chi connectivity index (χ3v) is 13.6. The van der Waals surface area contributed by atoms with Crippen LogP contribution in [-0.4, -0.2) is 109 Å². The van der Waals surface area contributed by atoms with Crippen LogP contribution in [0, 0.1) is 17.3 Å². The second-order valence-electron chi connectivity index (χ2n) is 14.9. The van der Waals surface area contributed by atoms with Crippen LogP contribution >= 0.6 is 35.2 Å².